The molecule has 0 saturated carbocycles. The van der Waals surface area contributed by atoms with Crippen LogP contribution >= 0.6 is 0 Å². The van der Waals surface area contributed by atoms with Gasteiger partial charge < -0.3 is 5.73 Å². The minimum atomic E-state index is -0.347. The van der Waals surface area contributed by atoms with Crippen LogP contribution in [-0.4, -0.2) is 20.2 Å². The number of nitrogens with two attached hydrogens (primary N) is 1. The summed E-state index contributed by atoms with van der Waals surface area (Å²) in [4.78, 5) is 0. The first-order valence-electron chi connectivity index (χ1n) is 3.99. The predicted octanol–water partition coefficient (Wildman–Crippen LogP) is 0.692. The SMILES string of the molecule is Cc1ccc(F)cc1-n1nnnc1N. The van der Waals surface area contributed by atoms with Gasteiger partial charge in [0.05, 0.1) is 5.69 Å². The molecule has 0 aliphatic heterocycles. The molecule has 0 amide bonds. The van der Waals surface area contributed by atoms with Crippen LogP contribution in [0.25, 0.3) is 5.69 Å². The van der Waals surface area contributed by atoms with Gasteiger partial charge in [0.1, 0.15) is 5.82 Å². The zero-order valence-corrected chi connectivity index (χ0v) is 7.48. The van der Waals surface area contributed by atoms with Crippen LogP contribution < -0.4 is 5.73 Å². The van der Waals surface area contributed by atoms with Crippen LogP contribution in [0, 0.1) is 12.7 Å². The van der Waals surface area contributed by atoms with E-state index in [2.05, 4.69) is 15.5 Å². The average molecular weight is 193 g/mol. The van der Waals surface area contributed by atoms with Gasteiger partial charge in [0.15, 0.2) is 0 Å². The van der Waals surface area contributed by atoms with Crippen molar-refractivity contribution in [2.45, 2.75) is 6.92 Å². The van der Waals surface area contributed by atoms with Crippen LogP contribution in [0.2, 0.25) is 0 Å². The van der Waals surface area contributed by atoms with Crippen molar-refractivity contribution < 1.29 is 4.39 Å². The zero-order chi connectivity index (χ0) is 10.1. The second-order valence-electron chi connectivity index (χ2n) is 2.88. The van der Waals surface area contributed by atoms with Crippen LogP contribution in [0.4, 0.5) is 10.3 Å². The monoisotopic (exact) mass is 193 g/mol. The van der Waals surface area contributed by atoms with Gasteiger partial charge in [-0.15, -0.1) is 0 Å². The van der Waals surface area contributed by atoms with Crippen molar-refractivity contribution >= 4 is 5.95 Å². The first-order chi connectivity index (χ1) is 6.68. The number of hydrogen-bond donors (Lipinski definition) is 1. The molecule has 0 fully saturated rings. The van der Waals surface area contributed by atoms with Gasteiger partial charge in [0.25, 0.3) is 0 Å². The van der Waals surface area contributed by atoms with Crippen molar-refractivity contribution in [3.63, 3.8) is 0 Å². The molecule has 0 radical (unpaired) electrons. The third-order valence-electron chi connectivity index (χ3n) is 1.89. The Morgan fingerprint density at radius 1 is 1.43 bits per heavy atom. The van der Waals surface area contributed by atoms with E-state index in [-0.39, 0.29) is 11.8 Å². The maximum Gasteiger partial charge on any atom is 0.245 e. The lowest BCUT2D eigenvalue weighted by atomic mass is 10.2. The van der Waals surface area contributed by atoms with Crippen molar-refractivity contribution in [1.29, 1.82) is 0 Å². The topological polar surface area (TPSA) is 69.6 Å². The van der Waals surface area contributed by atoms with Crippen molar-refractivity contribution in [3.05, 3.63) is 29.6 Å². The molecule has 0 aliphatic rings. The Morgan fingerprint density at radius 2 is 2.21 bits per heavy atom. The molecule has 2 rings (SSSR count). The van der Waals surface area contributed by atoms with E-state index >= 15 is 0 Å². The highest BCUT2D eigenvalue weighted by molar-refractivity contribution is 5.43. The molecule has 6 heteroatoms. The normalized spacial score (nSPS) is 10.4. The number of benzene rings is 1. The highest BCUT2D eigenvalue weighted by atomic mass is 19.1. The number of hydrogen-bond acceptors (Lipinski definition) is 4. The summed E-state index contributed by atoms with van der Waals surface area (Å²) in [5, 5.41) is 10.6. The summed E-state index contributed by atoms with van der Waals surface area (Å²) < 4.78 is 14.2. The van der Waals surface area contributed by atoms with Crippen molar-refractivity contribution in [2.75, 3.05) is 5.73 Å². The Balaban J connectivity index is 2.62. The molecule has 2 aromatic rings. The summed E-state index contributed by atoms with van der Waals surface area (Å²) in [6.07, 6.45) is 0. The van der Waals surface area contributed by atoms with Gasteiger partial charge in [-0.25, -0.2) is 4.39 Å². The molecule has 0 atom stereocenters. The molecule has 14 heavy (non-hydrogen) atoms. The Kier molecular flexibility index (Phi) is 1.88. The van der Waals surface area contributed by atoms with Crippen LogP contribution in [0.3, 0.4) is 0 Å². The molecule has 5 nitrogen and oxygen atoms in total. The lowest BCUT2D eigenvalue weighted by Crippen LogP contribution is -2.04. The van der Waals surface area contributed by atoms with E-state index in [0.29, 0.717) is 5.69 Å². The van der Waals surface area contributed by atoms with Crippen molar-refractivity contribution in [1.82, 2.24) is 20.2 Å². The molecular formula is C8H8FN5. The number of aryl methyl sites for hydroxylation is 1. The van der Waals surface area contributed by atoms with Crippen LogP contribution in [0.5, 0.6) is 0 Å². The summed E-state index contributed by atoms with van der Waals surface area (Å²) in [5.74, 6) is -0.209. The number of aromatic nitrogens is 4. The standard InChI is InChI=1S/C8H8FN5/c1-5-2-3-6(9)4-7(5)14-8(10)11-12-13-14/h2-4H,1H3,(H2,10,11,13). The second-order valence-corrected chi connectivity index (χ2v) is 2.88. The molecular weight excluding hydrogens is 185 g/mol. The zero-order valence-electron chi connectivity index (χ0n) is 7.48. The Labute approximate surface area is 79.3 Å². The Hall–Kier alpha value is -1.98. The highest BCUT2D eigenvalue weighted by Gasteiger charge is 2.07. The minimum absolute atomic E-state index is 0.138. The molecule has 72 valence electrons. The largest absolute Gasteiger partial charge is 0.366 e. The van der Waals surface area contributed by atoms with E-state index in [4.69, 9.17) is 5.73 Å². The maximum atomic E-state index is 12.9. The van der Waals surface area contributed by atoms with E-state index in [1.165, 1.54) is 16.8 Å². The fourth-order valence-electron chi connectivity index (χ4n) is 1.18. The summed E-state index contributed by atoms with van der Waals surface area (Å²) >= 11 is 0. The summed E-state index contributed by atoms with van der Waals surface area (Å²) in [6, 6.07) is 4.35. The van der Waals surface area contributed by atoms with E-state index in [1.807, 2.05) is 6.92 Å². The number of halogens is 1. The first-order valence-corrected chi connectivity index (χ1v) is 3.99. The number of tetrazole rings is 1. The quantitative estimate of drug-likeness (QED) is 0.723. The lowest BCUT2D eigenvalue weighted by molar-refractivity contribution is 0.624. The molecule has 0 saturated heterocycles. The van der Waals surface area contributed by atoms with Gasteiger partial charge in [-0.05, 0) is 29.0 Å². The van der Waals surface area contributed by atoms with Gasteiger partial charge in [-0.2, -0.15) is 4.68 Å². The Morgan fingerprint density at radius 3 is 2.86 bits per heavy atom. The van der Waals surface area contributed by atoms with Gasteiger partial charge in [-0.1, -0.05) is 11.2 Å². The van der Waals surface area contributed by atoms with E-state index in [9.17, 15) is 4.39 Å². The van der Waals surface area contributed by atoms with E-state index < -0.39 is 0 Å². The molecule has 0 spiro atoms. The van der Waals surface area contributed by atoms with Crippen LogP contribution in [0.15, 0.2) is 18.2 Å². The third kappa shape index (κ3) is 1.30. The highest BCUT2D eigenvalue weighted by Crippen LogP contribution is 2.15. The molecule has 2 N–H and O–H groups in total. The number of nitrogen functional groups attached to an aromatic ring is 1. The van der Waals surface area contributed by atoms with Gasteiger partial charge in [0.2, 0.25) is 5.95 Å². The third-order valence-corrected chi connectivity index (χ3v) is 1.89. The average Bonchev–Trinajstić information content (AvgIpc) is 2.56. The van der Waals surface area contributed by atoms with Crippen molar-refractivity contribution in [2.24, 2.45) is 0 Å². The van der Waals surface area contributed by atoms with Crippen molar-refractivity contribution in [3.8, 4) is 5.69 Å². The Bertz CT molecular complexity index is 465. The summed E-state index contributed by atoms with van der Waals surface area (Å²) in [5.41, 5.74) is 6.90. The molecule has 1 aromatic heterocycles. The summed E-state index contributed by atoms with van der Waals surface area (Å²) in [6.45, 7) is 1.83. The molecule has 0 unspecified atom stereocenters. The smallest absolute Gasteiger partial charge is 0.245 e. The second kappa shape index (κ2) is 3.06. The number of nitrogens with zero attached hydrogens (tertiary/aromatic N) is 4. The fraction of sp³-hybridized carbons (Fsp3) is 0.125. The van der Waals surface area contributed by atoms with E-state index in [1.54, 1.807) is 6.07 Å². The molecule has 0 aliphatic carbocycles. The number of rotatable bonds is 1. The van der Waals surface area contributed by atoms with Crippen LogP contribution in [-0.2, 0) is 0 Å². The lowest BCUT2D eigenvalue weighted by Gasteiger charge is -2.04. The van der Waals surface area contributed by atoms with Gasteiger partial charge in [0, 0.05) is 6.07 Å². The number of anilines is 1. The molecule has 1 heterocycles. The van der Waals surface area contributed by atoms with Crippen LogP contribution in [0.1, 0.15) is 5.56 Å². The molecule has 1 aromatic carbocycles. The van der Waals surface area contributed by atoms with Gasteiger partial charge in [-0.3, -0.25) is 0 Å². The first kappa shape index (κ1) is 8.61. The van der Waals surface area contributed by atoms with E-state index in [0.717, 1.165) is 5.56 Å². The molecule has 0 bridgehead atoms. The summed E-state index contributed by atoms with van der Waals surface area (Å²) in [7, 11) is 0. The predicted molar refractivity (Wildman–Crippen MR) is 48.3 cm³/mol. The minimum Gasteiger partial charge on any atom is -0.366 e. The maximum absolute atomic E-state index is 12.9. The fourth-order valence-corrected chi connectivity index (χ4v) is 1.18. The van der Waals surface area contributed by atoms with Gasteiger partial charge >= 0.3 is 0 Å².